The van der Waals surface area contributed by atoms with Crippen LogP contribution in [-0.2, 0) is 6.54 Å². The number of anilines is 1. The smallest absolute Gasteiger partial charge is 0.277 e. The molecule has 3 rings (SSSR count). The predicted molar refractivity (Wildman–Crippen MR) is 96.6 cm³/mol. The van der Waals surface area contributed by atoms with Gasteiger partial charge < -0.3 is 9.64 Å². The first kappa shape index (κ1) is 16.6. The van der Waals surface area contributed by atoms with Gasteiger partial charge in [-0.3, -0.25) is 4.79 Å². The Morgan fingerprint density at radius 3 is 2.36 bits per heavy atom. The molecular formula is C20H19N3O2. The zero-order valence-corrected chi connectivity index (χ0v) is 14.0. The van der Waals surface area contributed by atoms with Gasteiger partial charge in [0.05, 0.1) is 13.2 Å². The van der Waals surface area contributed by atoms with E-state index in [1.165, 1.54) is 6.33 Å². The van der Waals surface area contributed by atoms with Crippen molar-refractivity contribution in [3.63, 3.8) is 0 Å². The van der Waals surface area contributed by atoms with Crippen LogP contribution in [0.4, 0.5) is 5.69 Å². The lowest BCUT2D eigenvalue weighted by Crippen LogP contribution is -2.31. The van der Waals surface area contributed by atoms with Crippen molar-refractivity contribution in [3.05, 3.63) is 84.3 Å². The van der Waals surface area contributed by atoms with E-state index in [0.717, 1.165) is 11.3 Å². The van der Waals surface area contributed by atoms with Crippen LogP contribution in [0.5, 0.6) is 5.88 Å². The summed E-state index contributed by atoms with van der Waals surface area (Å²) in [6.07, 6.45) is 1.35. The number of carbonyl (C=O) groups is 1. The molecule has 5 nitrogen and oxygen atoms in total. The molecule has 0 aliphatic heterocycles. The van der Waals surface area contributed by atoms with E-state index in [-0.39, 0.29) is 5.91 Å². The molecule has 0 radical (unpaired) electrons. The Morgan fingerprint density at radius 2 is 1.68 bits per heavy atom. The second-order valence-electron chi connectivity index (χ2n) is 5.39. The summed E-state index contributed by atoms with van der Waals surface area (Å²) in [5, 5.41) is 0. The number of hydrogen-bond donors (Lipinski definition) is 0. The summed E-state index contributed by atoms with van der Waals surface area (Å²) in [6, 6.07) is 21.0. The van der Waals surface area contributed by atoms with Crippen molar-refractivity contribution < 1.29 is 9.53 Å². The fourth-order valence-corrected chi connectivity index (χ4v) is 2.48. The lowest BCUT2D eigenvalue weighted by atomic mass is 10.2. The fourth-order valence-electron chi connectivity index (χ4n) is 2.48. The Morgan fingerprint density at radius 1 is 1.00 bits per heavy atom. The molecule has 25 heavy (non-hydrogen) atoms. The van der Waals surface area contributed by atoms with Gasteiger partial charge in [-0.2, -0.15) is 0 Å². The molecule has 0 fully saturated rings. The molecule has 0 saturated heterocycles. The Labute approximate surface area is 146 Å². The molecular weight excluding hydrogens is 314 g/mol. The van der Waals surface area contributed by atoms with Crippen LogP contribution in [0.2, 0.25) is 0 Å². The highest BCUT2D eigenvalue weighted by Crippen LogP contribution is 2.20. The number of para-hydroxylation sites is 1. The Balaban J connectivity index is 1.93. The third kappa shape index (κ3) is 4.20. The maximum Gasteiger partial charge on any atom is 0.277 e. The summed E-state index contributed by atoms with van der Waals surface area (Å²) in [5.74, 6) is 0.201. The highest BCUT2D eigenvalue weighted by molar-refractivity contribution is 6.04. The Bertz CT molecular complexity index is 823. The number of aromatic nitrogens is 2. The first-order valence-electron chi connectivity index (χ1n) is 8.13. The zero-order chi connectivity index (χ0) is 17.5. The minimum absolute atomic E-state index is 0.196. The lowest BCUT2D eigenvalue weighted by molar-refractivity contribution is 0.0979. The molecule has 126 valence electrons. The van der Waals surface area contributed by atoms with Gasteiger partial charge in [-0.25, -0.2) is 9.97 Å². The summed E-state index contributed by atoms with van der Waals surface area (Å²) in [7, 11) is 0. The van der Waals surface area contributed by atoms with E-state index in [1.807, 2.05) is 67.6 Å². The van der Waals surface area contributed by atoms with Crippen molar-refractivity contribution in [2.24, 2.45) is 0 Å². The summed E-state index contributed by atoms with van der Waals surface area (Å²) in [4.78, 5) is 22.9. The van der Waals surface area contributed by atoms with Crippen LogP contribution in [0.3, 0.4) is 0 Å². The summed E-state index contributed by atoms with van der Waals surface area (Å²) < 4.78 is 5.38. The second kappa shape index (κ2) is 8.06. The van der Waals surface area contributed by atoms with E-state index in [2.05, 4.69) is 9.97 Å². The van der Waals surface area contributed by atoms with Gasteiger partial charge in [0.15, 0.2) is 0 Å². The van der Waals surface area contributed by atoms with E-state index in [9.17, 15) is 4.79 Å². The van der Waals surface area contributed by atoms with Crippen molar-refractivity contribution in [1.82, 2.24) is 9.97 Å². The number of amides is 1. The van der Waals surface area contributed by atoms with Gasteiger partial charge in [-0.15, -0.1) is 0 Å². The first-order chi connectivity index (χ1) is 12.3. The van der Waals surface area contributed by atoms with Gasteiger partial charge in [0.25, 0.3) is 5.91 Å². The second-order valence-corrected chi connectivity index (χ2v) is 5.39. The van der Waals surface area contributed by atoms with E-state index in [4.69, 9.17) is 4.74 Å². The predicted octanol–water partition coefficient (Wildman–Crippen LogP) is 3.72. The Kier molecular flexibility index (Phi) is 5.36. The van der Waals surface area contributed by atoms with Crippen LogP contribution >= 0.6 is 0 Å². The largest absolute Gasteiger partial charge is 0.478 e. The number of nitrogens with zero attached hydrogens (tertiary/aromatic N) is 3. The molecule has 0 saturated carbocycles. The van der Waals surface area contributed by atoms with Crippen LogP contribution < -0.4 is 9.64 Å². The molecule has 0 spiro atoms. The molecule has 1 heterocycles. The van der Waals surface area contributed by atoms with Gasteiger partial charge in [0.1, 0.15) is 12.0 Å². The number of benzene rings is 2. The minimum atomic E-state index is -0.196. The molecule has 0 aliphatic carbocycles. The molecule has 1 amide bonds. The van der Waals surface area contributed by atoms with E-state index in [1.54, 1.807) is 11.0 Å². The van der Waals surface area contributed by atoms with Crippen molar-refractivity contribution in [1.29, 1.82) is 0 Å². The Hall–Kier alpha value is -3.21. The molecule has 0 N–H and O–H groups in total. The van der Waals surface area contributed by atoms with Crippen molar-refractivity contribution in [3.8, 4) is 5.88 Å². The third-order valence-electron chi connectivity index (χ3n) is 3.65. The molecule has 0 atom stereocenters. The van der Waals surface area contributed by atoms with Gasteiger partial charge in [0.2, 0.25) is 5.88 Å². The normalized spacial score (nSPS) is 10.3. The lowest BCUT2D eigenvalue weighted by Gasteiger charge is -2.22. The molecule has 0 aliphatic rings. The molecule has 1 aromatic heterocycles. The monoisotopic (exact) mass is 333 g/mol. The van der Waals surface area contributed by atoms with E-state index in [0.29, 0.717) is 24.7 Å². The SMILES string of the molecule is CCOc1cc(C(=O)N(Cc2ccccc2)c2ccccc2)ncn1. The van der Waals surface area contributed by atoms with Crippen LogP contribution in [0.25, 0.3) is 0 Å². The molecule has 2 aromatic carbocycles. The number of carbonyl (C=O) groups excluding carboxylic acids is 1. The van der Waals surface area contributed by atoms with E-state index < -0.39 is 0 Å². The van der Waals surface area contributed by atoms with Crippen LogP contribution in [-0.4, -0.2) is 22.5 Å². The maximum absolute atomic E-state index is 13.1. The molecule has 5 heteroatoms. The number of hydrogen-bond acceptors (Lipinski definition) is 4. The molecule has 0 bridgehead atoms. The standard InChI is InChI=1S/C20H19N3O2/c1-2-25-19-13-18(21-15-22-19)20(24)23(17-11-7-4-8-12-17)14-16-9-5-3-6-10-16/h3-13,15H,2,14H2,1H3. The average molecular weight is 333 g/mol. The summed E-state index contributed by atoms with van der Waals surface area (Å²) in [6.45, 7) is 2.81. The molecule has 3 aromatic rings. The number of ether oxygens (including phenoxy) is 1. The van der Waals surface area contributed by atoms with Gasteiger partial charge in [-0.1, -0.05) is 48.5 Å². The molecule has 0 unspecified atom stereocenters. The zero-order valence-electron chi connectivity index (χ0n) is 14.0. The third-order valence-corrected chi connectivity index (χ3v) is 3.65. The van der Waals surface area contributed by atoms with Crippen molar-refractivity contribution in [2.75, 3.05) is 11.5 Å². The van der Waals surface area contributed by atoms with Crippen LogP contribution in [0, 0.1) is 0 Å². The van der Waals surface area contributed by atoms with Gasteiger partial charge in [0, 0.05) is 11.8 Å². The summed E-state index contributed by atoms with van der Waals surface area (Å²) >= 11 is 0. The van der Waals surface area contributed by atoms with Crippen LogP contribution in [0.15, 0.2) is 73.1 Å². The summed E-state index contributed by atoms with van der Waals surface area (Å²) in [5.41, 5.74) is 2.16. The maximum atomic E-state index is 13.1. The fraction of sp³-hybridized carbons (Fsp3) is 0.150. The highest BCUT2D eigenvalue weighted by atomic mass is 16.5. The van der Waals surface area contributed by atoms with E-state index >= 15 is 0 Å². The minimum Gasteiger partial charge on any atom is -0.478 e. The highest BCUT2D eigenvalue weighted by Gasteiger charge is 2.20. The topological polar surface area (TPSA) is 55.3 Å². The van der Waals surface area contributed by atoms with Gasteiger partial charge in [-0.05, 0) is 24.6 Å². The van der Waals surface area contributed by atoms with Crippen LogP contribution in [0.1, 0.15) is 23.0 Å². The average Bonchev–Trinajstić information content (AvgIpc) is 2.68. The van der Waals surface area contributed by atoms with Crippen molar-refractivity contribution in [2.45, 2.75) is 13.5 Å². The number of rotatable bonds is 6. The van der Waals surface area contributed by atoms with Gasteiger partial charge >= 0.3 is 0 Å². The first-order valence-corrected chi connectivity index (χ1v) is 8.13. The van der Waals surface area contributed by atoms with Crippen molar-refractivity contribution >= 4 is 11.6 Å². The quantitative estimate of drug-likeness (QED) is 0.690.